The zero-order chi connectivity index (χ0) is 24.6. The van der Waals surface area contributed by atoms with E-state index < -0.39 is 0 Å². The molecule has 3 aromatic heterocycles. The lowest BCUT2D eigenvalue weighted by molar-refractivity contribution is -0.121. The van der Waals surface area contributed by atoms with Crippen molar-refractivity contribution in [3.63, 3.8) is 0 Å². The van der Waals surface area contributed by atoms with Gasteiger partial charge in [-0.25, -0.2) is 4.98 Å². The molecule has 3 unspecified atom stereocenters. The summed E-state index contributed by atoms with van der Waals surface area (Å²) in [6, 6.07) is 4.27. The van der Waals surface area contributed by atoms with Crippen LogP contribution in [0.2, 0.25) is 0 Å². The van der Waals surface area contributed by atoms with Gasteiger partial charge in [0, 0.05) is 37.5 Å². The number of carbonyl (C=O) groups excluding carboxylic acids is 1. The third-order valence-corrected chi connectivity index (χ3v) is 7.24. The molecule has 1 aliphatic rings. The summed E-state index contributed by atoms with van der Waals surface area (Å²) in [5.41, 5.74) is 0.979. The lowest BCUT2D eigenvalue weighted by Crippen LogP contribution is -2.42. The maximum Gasteiger partial charge on any atom is 0.234 e. The van der Waals surface area contributed by atoms with E-state index in [1.807, 2.05) is 24.4 Å². The second-order valence-electron chi connectivity index (χ2n) is 9.19. The molecule has 0 aromatic carbocycles. The highest BCUT2D eigenvalue weighted by Crippen LogP contribution is 2.31. The number of nitrogens with zero attached hydrogens (tertiary/aromatic N) is 3. The molecule has 5 N–H and O–H groups in total. The number of H-pyrrole nitrogens is 1. The molecule has 1 saturated carbocycles. The molecular formula is C24H36N8O2S. The minimum atomic E-state index is 0.0249. The van der Waals surface area contributed by atoms with Crippen LogP contribution >= 0.6 is 11.3 Å². The fraction of sp³-hybridized carbons (Fsp3) is 0.583. The summed E-state index contributed by atoms with van der Waals surface area (Å²) in [7, 11) is 1.65. The van der Waals surface area contributed by atoms with E-state index in [-0.39, 0.29) is 18.0 Å². The van der Waals surface area contributed by atoms with Crippen LogP contribution in [-0.2, 0) is 9.53 Å². The third kappa shape index (κ3) is 7.12. The van der Waals surface area contributed by atoms with Gasteiger partial charge in [0.2, 0.25) is 11.9 Å². The molecule has 0 radical (unpaired) electrons. The Bertz CT molecular complexity index is 1100. The van der Waals surface area contributed by atoms with Crippen LogP contribution in [0.5, 0.6) is 0 Å². The molecule has 4 rings (SSSR count). The number of rotatable bonds is 11. The Labute approximate surface area is 210 Å². The fourth-order valence-electron chi connectivity index (χ4n) is 4.59. The first kappa shape index (κ1) is 25.3. The highest BCUT2D eigenvalue weighted by molar-refractivity contribution is 7.16. The van der Waals surface area contributed by atoms with Crippen molar-refractivity contribution in [3.8, 4) is 0 Å². The summed E-state index contributed by atoms with van der Waals surface area (Å²) >= 11 is 1.59. The smallest absolute Gasteiger partial charge is 0.234 e. The van der Waals surface area contributed by atoms with Crippen LogP contribution in [0.4, 0.5) is 17.6 Å². The van der Waals surface area contributed by atoms with Crippen molar-refractivity contribution < 1.29 is 9.53 Å². The Balaban J connectivity index is 1.45. The Morgan fingerprint density at radius 2 is 2.14 bits per heavy atom. The number of carbonyl (C=O) groups is 1. The predicted molar refractivity (Wildman–Crippen MR) is 140 cm³/mol. The van der Waals surface area contributed by atoms with E-state index in [9.17, 15) is 4.79 Å². The van der Waals surface area contributed by atoms with E-state index in [0.717, 1.165) is 59.7 Å². The van der Waals surface area contributed by atoms with E-state index in [2.05, 4.69) is 38.4 Å². The van der Waals surface area contributed by atoms with Gasteiger partial charge in [0.1, 0.15) is 10.6 Å². The Morgan fingerprint density at radius 1 is 1.26 bits per heavy atom. The van der Waals surface area contributed by atoms with Crippen LogP contribution in [0.25, 0.3) is 10.2 Å². The number of hydrogen-bond acceptors (Lipinski definition) is 9. The average Bonchev–Trinajstić information content (AvgIpc) is 3.43. The van der Waals surface area contributed by atoms with Gasteiger partial charge in [-0.15, -0.1) is 11.3 Å². The van der Waals surface area contributed by atoms with E-state index in [1.165, 1.54) is 0 Å². The van der Waals surface area contributed by atoms with Gasteiger partial charge >= 0.3 is 0 Å². The van der Waals surface area contributed by atoms with Gasteiger partial charge in [0.25, 0.3) is 0 Å². The number of hydrogen-bond donors (Lipinski definition) is 5. The lowest BCUT2D eigenvalue weighted by atomic mass is 9.96. The van der Waals surface area contributed by atoms with Crippen LogP contribution in [-0.4, -0.2) is 65.0 Å². The van der Waals surface area contributed by atoms with Gasteiger partial charge in [-0.1, -0.05) is 13.3 Å². The van der Waals surface area contributed by atoms with Crippen molar-refractivity contribution in [1.29, 1.82) is 0 Å². The van der Waals surface area contributed by atoms with Gasteiger partial charge < -0.3 is 26.0 Å². The highest BCUT2D eigenvalue weighted by Gasteiger charge is 2.27. The zero-order valence-corrected chi connectivity index (χ0v) is 21.5. The number of amides is 1. The number of anilines is 3. The second kappa shape index (κ2) is 12.3. The molecular weight excluding hydrogens is 464 g/mol. The average molecular weight is 501 g/mol. The number of aryl methyl sites for hydroxylation is 1. The van der Waals surface area contributed by atoms with Gasteiger partial charge in [-0.2, -0.15) is 10.1 Å². The number of aromatic amines is 1. The quantitative estimate of drug-likeness (QED) is 0.200. The maximum absolute atomic E-state index is 12.5. The Morgan fingerprint density at radius 3 is 2.91 bits per heavy atom. The molecule has 3 heterocycles. The molecule has 3 aromatic rings. The second-order valence-corrected chi connectivity index (χ2v) is 10.1. The Kier molecular flexibility index (Phi) is 8.89. The first-order valence-corrected chi connectivity index (χ1v) is 13.2. The summed E-state index contributed by atoms with van der Waals surface area (Å²) in [4.78, 5) is 23.0. The summed E-state index contributed by atoms with van der Waals surface area (Å²) in [5.74, 6) is 2.68. The molecule has 0 aliphatic heterocycles. The predicted octanol–water partition coefficient (Wildman–Crippen LogP) is 3.57. The van der Waals surface area contributed by atoms with Gasteiger partial charge in [-0.3, -0.25) is 9.89 Å². The van der Waals surface area contributed by atoms with Crippen LogP contribution in [0.15, 0.2) is 17.5 Å². The molecule has 0 saturated heterocycles. The lowest BCUT2D eigenvalue weighted by Gasteiger charge is -2.23. The van der Waals surface area contributed by atoms with Gasteiger partial charge in [0.05, 0.1) is 18.5 Å². The normalized spacial score (nSPS) is 20.5. The summed E-state index contributed by atoms with van der Waals surface area (Å²) in [5, 5.41) is 23.5. The first-order valence-electron chi connectivity index (χ1n) is 12.3. The van der Waals surface area contributed by atoms with Crippen LogP contribution in [0.1, 0.15) is 44.7 Å². The van der Waals surface area contributed by atoms with E-state index in [1.54, 1.807) is 18.4 Å². The van der Waals surface area contributed by atoms with Crippen LogP contribution in [0, 0.1) is 12.8 Å². The summed E-state index contributed by atoms with van der Waals surface area (Å²) in [6.45, 7) is 5.75. The molecule has 3 atom stereocenters. The van der Waals surface area contributed by atoms with Crippen molar-refractivity contribution in [3.05, 3.63) is 23.2 Å². The minimum Gasteiger partial charge on any atom is -0.383 e. The molecule has 1 aliphatic carbocycles. The summed E-state index contributed by atoms with van der Waals surface area (Å²) < 4.78 is 5.03. The monoisotopic (exact) mass is 500 g/mol. The number of aromatic nitrogens is 4. The van der Waals surface area contributed by atoms with Crippen molar-refractivity contribution in [2.45, 2.75) is 58.0 Å². The maximum atomic E-state index is 12.5. The molecule has 11 heteroatoms. The first-order chi connectivity index (χ1) is 17.0. The molecule has 1 amide bonds. The van der Waals surface area contributed by atoms with Crippen molar-refractivity contribution in [2.24, 2.45) is 5.92 Å². The fourth-order valence-corrected chi connectivity index (χ4v) is 5.35. The Hall–Kier alpha value is -2.76. The molecule has 190 valence electrons. The number of thiophene rings is 1. The number of ether oxygens (including phenoxy) is 1. The molecule has 35 heavy (non-hydrogen) atoms. The standard InChI is InChI=1S/C24H36N8O2S/c1-4-16-5-6-17(26-21(33)14-25-8-9-34-3)13-18(12-16)27-24-29-22(19-7-10-35-23(19)30-24)28-20-11-15(2)31-32-20/h7,10-11,16-18,25H,4-6,8-9,12-14H2,1-3H3,(H,26,33)(H3,27,28,29,30,31,32). The molecule has 1 fully saturated rings. The number of fused-ring (bicyclic) bond motifs is 1. The van der Waals surface area contributed by atoms with E-state index >= 15 is 0 Å². The zero-order valence-electron chi connectivity index (χ0n) is 20.7. The topological polar surface area (TPSA) is 129 Å². The van der Waals surface area contributed by atoms with Crippen LogP contribution < -0.4 is 21.3 Å². The van der Waals surface area contributed by atoms with Crippen molar-refractivity contribution in [2.75, 3.05) is 37.4 Å². The minimum absolute atomic E-state index is 0.0249. The molecule has 0 spiro atoms. The third-order valence-electron chi connectivity index (χ3n) is 6.43. The van der Waals surface area contributed by atoms with Crippen LogP contribution in [0.3, 0.4) is 0 Å². The van der Waals surface area contributed by atoms with Gasteiger partial charge in [0.15, 0.2) is 5.82 Å². The van der Waals surface area contributed by atoms with E-state index in [4.69, 9.17) is 14.7 Å². The number of nitrogens with one attached hydrogen (secondary N) is 5. The van der Waals surface area contributed by atoms with Crippen molar-refractivity contribution in [1.82, 2.24) is 30.8 Å². The molecule has 10 nitrogen and oxygen atoms in total. The molecule has 0 bridgehead atoms. The highest BCUT2D eigenvalue weighted by atomic mass is 32.1. The number of methoxy groups -OCH3 is 1. The van der Waals surface area contributed by atoms with E-state index in [0.29, 0.717) is 31.6 Å². The summed E-state index contributed by atoms with van der Waals surface area (Å²) in [6.07, 6.45) is 5.08. The van der Waals surface area contributed by atoms with Crippen molar-refractivity contribution >= 4 is 45.0 Å². The SMILES string of the molecule is CCC1CCC(NC(=O)CNCCOC)CC(Nc2nc(Nc3cc(C)[nH]n3)c3ccsc3n2)C1. The largest absolute Gasteiger partial charge is 0.383 e. The van der Waals surface area contributed by atoms with Gasteiger partial charge in [-0.05, 0) is 50.0 Å².